The Balaban J connectivity index is 1.60. The monoisotopic (exact) mass is 379 g/mol. The molecular weight excluding hydrogens is 354 g/mol. The topological polar surface area (TPSA) is 78.0 Å². The summed E-state index contributed by atoms with van der Waals surface area (Å²) in [6.07, 6.45) is 1.90. The van der Waals surface area contributed by atoms with Gasteiger partial charge < -0.3 is 9.80 Å². The van der Waals surface area contributed by atoms with Crippen LogP contribution in [-0.2, 0) is 19.6 Å². The van der Waals surface area contributed by atoms with Gasteiger partial charge >= 0.3 is 0 Å². The van der Waals surface area contributed by atoms with E-state index >= 15 is 0 Å². The van der Waals surface area contributed by atoms with Gasteiger partial charge in [-0.25, -0.2) is 8.42 Å². The lowest BCUT2D eigenvalue weighted by Crippen LogP contribution is -2.51. The Morgan fingerprint density at radius 2 is 1.65 bits per heavy atom. The predicted molar refractivity (Wildman–Crippen MR) is 96.9 cm³/mol. The second-order valence-corrected chi connectivity index (χ2v) is 8.82. The van der Waals surface area contributed by atoms with Gasteiger partial charge in [0, 0.05) is 45.2 Å². The standard InChI is InChI=1S/C18H25N3O4S/c1-15-4-2-3-5-17(15)26(24,25)21-8-6-16(7-9-21)18(23)20-12-10-19(14-22)11-13-20/h2-5,14,16H,6-13H2,1H3. The Kier molecular flexibility index (Phi) is 5.62. The van der Waals surface area contributed by atoms with E-state index in [0.29, 0.717) is 57.0 Å². The molecule has 0 aromatic heterocycles. The number of piperidine rings is 1. The number of nitrogens with zero attached hydrogens (tertiary/aromatic N) is 3. The van der Waals surface area contributed by atoms with E-state index in [4.69, 9.17) is 0 Å². The van der Waals surface area contributed by atoms with Crippen LogP contribution >= 0.6 is 0 Å². The Morgan fingerprint density at radius 1 is 1.04 bits per heavy atom. The zero-order chi connectivity index (χ0) is 18.7. The minimum Gasteiger partial charge on any atom is -0.342 e. The lowest BCUT2D eigenvalue weighted by atomic mass is 9.96. The van der Waals surface area contributed by atoms with E-state index in [0.717, 1.165) is 12.0 Å². The van der Waals surface area contributed by atoms with Gasteiger partial charge in [0.25, 0.3) is 0 Å². The summed E-state index contributed by atoms with van der Waals surface area (Å²) in [4.78, 5) is 27.3. The number of carbonyl (C=O) groups is 2. The summed E-state index contributed by atoms with van der Waals surface area (Å²) in [6.45, 7) is 4.76. The van der Waals surface area contributed by atoms with Crippen molar-refractivity contribution in [2.24, 2.45) is 5.92 Å². The molecule has 1 aromatic carbocycles. The molecule has 2 heterocycles. The van der Waals surface area contributed by atoms with Gasteiger partial charge in [0.05, 0.1) is 4.90 Å². The normalized spacial score (nSPS) is 20.2. The van der Waals surface area contributed by atoms with Crippen molar-refractivity contribution in [3.05, 3.63) is 29.8 Å². The maximum Gasteiger partial charge on any atom is 0.243 e. The SMILES string of the molecule is Cc1ccccc1S(=O)(=O)N1CCC(C(=O)N2CCN(C=O)CC2)CC1. The van der Waals surface area contributed by atoms with E-state index in [2.05, 4.69) is 0 Å². The summed E-state index contributed by atoms with van der Waals surface area (Å²) >= 11 is 0. The summed E-state index contributed by atoms with van der Waals surface area (Å²) in [5.74, 6) is -0.0513. The summed E-state index contributed by atoms with van der Waals surface area (Å²) < 4.78 is 27.2. The zero-order valence-electron chi connectivity index (χ0n) is 15.0. The van der Waals surface area contributed by atoms with Crippen molar-refractivity contribution >= 4 is 22.3 Å². The number of aryl methyl sites for hydroxylation is 1. The molecular formula is C18H25N3O4S. The molecule has 7 nitrogen and oxygen atoms in total. The molecule has 2 fully saturated rings. The fraction of sp³-hybridized carbons (Fsp3) is 0.556. The largest absolute Gasteiger partial charge is 0.342 e. The maximum absolute atomic E-state index is 12.8. The van der Waals surface area contributed by atoms with Crippen LogP contribution in [0.5, 0.6) is 0 Å². The first kappa shape index (κ1) is 18.8. The minimum atomic E-state index is -3.51. The van der Waals surface area contributed by atoms with Crippen LogP contribution < -0.4 is 0 Å². The molecule has 2 amide bonds. The fourth-order valence-electron chi connectivity index (χ4n) is 3.63. The average molecular weight is 379 g/mol. The Morgan fingerprint density at radius 3 is 2.23 bits per heavy atom. The van der Waals surface area contributed by atoms with Gasteiger partial charge in [-0.1, -0.05) is 18.2 Å². The molecule has 26 heavy (non-hydrogen) atoms. The van der Waals surface area contributed by atoms with Crippen LogP contribution in [0, 0.1) is 12.8 Å². The number of hydrogen-bond acceptors (Lipinski definition) is 4. The average Bonchev–Trinajstić information content (AvgIpc) is 2.68. The number of sulfonamides is 1. The third kappa shape index (κ3) is 3.76. The smallest absolute Gasteiger partial charge is 0.243 e. The van der Waals surface area contributed by atoms with Crippen LogP contribution in [0.15, 0.2) is 29.2 Å². The fourth-order valence-corrected chi connectivity index (χ4v) is 5.33. The first-order chi connectivity index (χ1) is 12.4. The molecule has 0 atom stereocenters. The lowest BCUT2D eigenvalue weighted by molar-refractivity contribution is -0.140. The van der Waals surface area contributed by atoms with Gasteiger partial charge in [0.15, 0.2) is 0 Å². The van der Waals surface area contributed by atoms with Crippen molar-refractivity contribution in [1.29, 1.82) is 0 Å². The summed E-state index contributed by atoms with van der Waals surface area (Å²) in [7, 11) is -3.51. The summed E-state index contributed by atoms with van der Waals surface area (Å²) in [6, 6.07) is 6.98. The first-order valence-electron chi connectivity index (χ1n) is 8.97. The quantitative estimate of drug-likeness (QED) is 0.722. The number of carbonyl (C=O) groups excluding carboxylic acids is 2. The number of rotatable bonds is 4. The third-order valence-corrected chi connectivity index (χ3v) is 7.35. The highest BCUT2D eigenvalue weighted by molar-refractivity contribution is 7.89. The number of hydrogen-bond donors (Lipinski definition) is 0. The maximum atomic E-state index is 12.8. The van der Waals surface area contributed by atoms with E-state index < -0.39 is 10.0 Å². The van der Waals surface area contributed by atoms with Crippen LogP contribution in [0.2, 0.25) is 0 Å². The van der Waals surface area contributed by atoms with Crippen molar-refractivity contribution in [3.63, 3.8) is 0 Å². The zero-order valence-corrected chi connectivity index (χ0v) is 15.8. The predicted octanol–water partition coefficient (Wildman–Crippen LogP) is 0.696. The van der Waals surface area contributed by atoms with Gasteiger partial charge in [-0.2, -0.15) is 4.31 Å². The van der Waals surface area contributed by atoms with Gasteiger partial charge in [-0.15, -0.1) is 0 Å². The van der Waals surface area contributed by atoms with Crippen LogP contribution in [-0.4, -0.2) is 74.1 Å². The molecule has 142 valence electrons. The minimum absolute atomic E-state index is 0.0866. The molecule has 8 heteroatoms. The molecule has 0 bridgehead atoms. The van der Waals surface area contributed by atoms with E-state index in [9.17, 15) is 18.0 Å². The summed E-state index contributed by atoms with van der Waals surface area (Å²) in [5, 5.41) is 0. The van der Waals surface area contributed by atoms with E-state index in [1.54, 1.807) is 34.9 Å². The highest BCUT2D eigenvalue weighted by Gasteiger charge is 2.34. The Hall–Kier alpha value is -1.93. The molecule has 2 aliphatic rings. The van der Waals surface area contributed by atoms with Crippen LogP contribution in [0.25, 0.3) is 0 Å². The molecule has 0 aliphatic carbocycles. The van der Waals surface area contributed by atoms with Gasteiger partial charge in [0.2, 0.25) is 22.3 Å². The summed E-state index contributed by atoms with van der Waals surface area (Å²) in [5.41, 5.74) is 0.735. The molecule has 1 aromatic rings. The molecule has 0 radical (unpaired) electrons. The van der Waals surface area contributed by atoms with Crippen molar-refractivity contribution in [1.82, 2.24) is 14.1 Å². The third-order valence-electron chi connectivity index (χ3n) is 5.29. The molecule has 2 saturated heterocycles. The lowest BCUT2D eigenvalue weighted by Gasteiger charge is -2.37. The van der Waals surface area contributed by atoms with Crippen molar-refractivity contribution in [2.75, 3.05) is 39.3 Å². The molecule has 2 aliphatic heterocycles. The molecule has 0 N–H and O–H groups in total. The van der Waals surface area contributed by atoms with Crippen LogP contribution in [0.3, 0.4) is 0 Å². The van der Waals surface area contributed by atoms with Gasteiger partial charge in [-0.3, -0.25) is 9.59 Å². The second kappa shape index (κ2) is 7.75. The highest BCUT2D eigenvalue weighted by atomic mass is 32.2. The first-order valence-corrected chi connectivity index (χ1v) is 10.4. The highest BCUT2D eigenvalue weighted by Crippen LogP contribution is 2.26. The Bertz CT molecular complexity index is 764. The van der Waals surface area contributed by atoms with Gasteiger partial charge in [-0.05, 0) is 31.4 Å². The van der Waals surface area contributed by atoms with Crippen molar-refractivity contribution in [3.8, 4) is 0 Å². The molecule has 0 unspecified atom stereocenters. The Labute approximate surface area is 154 Å². The second-order valence-electron chi connectivity index (χ2n) is 6.91. The number of benzene rings is 1. The van der Waals surface area contributed by atoms with E-state index in [1.165, 1.54) is 4.31 Å². The molecule has 3 rings (SSSR count). The van der Waals surface area contributed by atoms with Crippen LogP contribution in [0.4, 0.5) is 0 Å². The van der Waals surface area contributed by atoms with Gasteiger partial charge in [0.1, 0.15) is 0 Å². The molecule has 0 saturated carbocycles. The van der Waals surface area contributed by atoms with Crippen LogP contribution in [0.1, 0.15) is 18.4 Å². The van der Waals surface area contributed by atoms with Crippen molar-refractivity contribution in [2.45, 2.75) is 24.7 Å². The van der Waals surface area contributed by atoms with E-state index in [-0.39, 0.29) is 11.8 Å². The van der Waals surface area contributed by atoms with E-state index in [1.807, 2.05) is 6.07 Å². The number of piperazine rings is 1. The number of amides is 2. The molecule has 0 spiro atoms. The van der Waals surface area contributed by atoms with Crippen molar-refractivity contribution < 1.29 is 18.0 Å².